The first-order valence-corrected chi connectivity index (χ1v) is 8.12. The lowest BCUT2D eigenvalue weighted by molar-refractivity contribution is 0.0959. The van der Waals surface area contributed by atoms with Crippen LogP contribution in [0.15, 0.2) is 18.2 Å². The Morgan fingerprint density at radius 3 is 3.19 bits per heavy atom. The van der Waals surface area contributed by atoms with Gasteiger partial charge in [0.05, 0.1) is 5.69 Å². The number of amides is 1. The predicted octanol–water partition coefficient (Wildman–Crippen LogP) is 3.06. The molecule has 1 amide bonds. The summed E-state index contributed by atoms with van der Waals surface area (Å²) in [5, 5.41) is 3.84. The topological polar surface area (TPSA) is 68.0 Å². The Bertz CT molecular complexity index is 718. The van der Waals surface area contributed by atoms with Crippen LogP contribution in [0.2, 0.25) is 0 Å². The molecule has 0 fully saturated rings. The fourth-order valence-corrected chi connectivity index (χ4v) is 3.70. The molecular formula is C16H19N3OS. The van der Waals surface area contributed by atoms with E-state index < -0.39 is 0 Å². The van der Waals surface area contributed by atoms with Crippen molar-refractivity contribution in [1.29, 1.82) is 0 Å². The number of nitrogens with two attached hydrogens (primary N) is 1. The third-order valence-electron chi connectivity index (χ3n) is 3.79. The highest BCUT2D eigenvalue weighted by Gasteiger charge is 2.20. The number of fused-ring (bicyclic) bond motifs is 2. The number of aromatic nitrogens is 1. The van der Waals surface area contributed by atoms with Crippen LogP contribution in [0, 0.1) is 0 Å². The molecule has 2 aromatic heterocycles. The Hall–Kier alpha value is -1.88. The number of carbonyl (C=O) groups is 1. The van der Waals surface area contributed by atoms with Crippen LogP contribution in [-0.2, 0) is 12.8 Å². The molecule has 110 valence electrons. The molecule has 0 spiro atoms. The molecule has 2 heterocycles. The zero-order valence-corrected chi connectivity index (χ0v) is 12.9. The maximum Gasteiger partial charge on any atom is 0.263 e. The molecule has 0 aliphatic heterocycles. The van der Waals surface area contributed by atoms with E-state index in [2.05, 4.69) is 16.4 Å². The number of nitrogen functional groups attached to an aromatic ring is 1. The summed E-state index contributed by atoms with van der Waals surface area (Å²) in [5.74, 6) is -0.0971. The van der Waals surface area contributed by atoms with Crippen LogP contribution in [0.4, 0.5) is 5.69 Å². The zero-order chi connectivity index (χ0) is 14.8. The first-order chi connectivity index (χ1) is 10.2. The van der Waals surface area contributed by atoms with Crippen molar-refractivity contribution in [2.45, 2.75) is 32.6 Å². The van der Waals surface area contributed by atoms with E-state index in [9.17, 15) is 4.79 Å². The van der Waals surface area contributed by atoms with Crippen molar-refractivity contribution >= 4 is 33.1 Å². The van der Waals surface area contributed by atoms with Crippen LogP contribution in [-0.4, -0.2) is 17.4 Å². The van der Waals surface area contributed by atoms with Crippen molar-refractivity contribution in [2.75, 3.05) is 12.3 Å². The predicted molar refractivity (Wildman–Crippen MR) is 87.8 cm³/mol. The number of allylic oxidation sites excluding steroid dienone is 1. The highest BCUT2D eigenvalue weighted by Crippen LogP contribution is 2.35. The second kappa shape index (κ2) is 5.85. The Balaban J connectivity index is 1.86. The van der Waals surface area contributed by atoms with Gasteiger partial charge >= 0.3 is 0 Å². The number of anilines is 1. The molecule has 0 aromatic carbocycles. The minimum Gasteiger partial charge on any atom is -0.397 e. The number of carbonyl (C=O) groups excluding carboxylic acids is 1. The standard InChI is InChI=1S/C16H19N3OS/c1-2-3-4-8-18-15(20)14-13(17)11-9-10-6-5-7-12(10)19-16(11)21-14/h2-3,9H,4-8,17H2,1H3,(H,18,20)/b3-2+. The van der Waals surface area contributed by atoms with Crippen molar-refractivity contribution in [3.63, 3.8) is 0 Å². The van der Waals surface area contributed by atoms with E-state index in [-0.39, 0.29) is 5.91 Å². The summed E-state index contributed by atoms with van der Waals surface area (Å²) in [6, 6.07) is 2.12. The number of nitrogens with zero attached hydrogens (tertiary/aromatic N) is 1. The SMILES string of the molecule is C/C=C/CCNC(=O)c1sc2nc3c(cc2c1N)CCC3. The number of rotatable bonds is 4. The summed E-state index contributed by atoms with van der Waals surface area (Å²) in [6.07, 6.45) is 8.11. The van der Waals surface area contributed by atoms with Gasteiger partial charge in [-0.2, -0.15) is 0 Å². The highest BCUT2D eigenvalue weighted by atomic mass is 32.1. The van der Waals surface area contributed by atoms with Crippen LogP contribution in [0.3, 0.4) is 0 Å². The molecule has 21 heavy (non-hydrogen) atoms. The van der Waals surface area contributed by atoms with Gasteiger partial charge in [0.1, 0.15) is 9.71 Å². The molecule has 0 unspecified atom stereocenters. The normalized spacial score (nSPS) is 14.0. The first-order valence-electron chi connectivity index (χ1n) is 7.31. The number of pyridine rings is 1. The van der Waals surface area contributed by atoms with E-state index in [0.29, 0.717) is 17.1 Å². The van der Waals surface area contributed by atoms with E-state index in [1.54, 1.807) is 0 Å². The number of nitrogens with one attached hydrogen (secondary N) is 1. The van der Waals surface area contributed by atoms with Gasteiger partial charge in [0, 0.05) is 17.6 Å². The van der Waals surface area contributed by atoms with Gasteiger partial charge in [-0.1, -0.05) is 12.2 Å². The van der Waals surface area contributed by atoms with Gasteiger partial charge < -0.3 is 11.1 Å². The molecule has 0 saturated carbocycles. The van der Waals surface area contributed by atoms with Gasteiger partial charge in [0.15, 0.2) is 0 Å². The monoisotopic (exact) mass is 301 g/mol. The Labute approximate surface area is 128 Å². The average Bonchev–Trinajstić information content (AvgIpc) is 3.06. The summed E-state index contributed by atoms with van der Waals surface area (Å²) in [5.41, 5.74) is 9.18. The first kappa shape index (κ1) is 14.1. The van der Waals surface area contributed by atoms with Gasteiger partial charge in [-0.05, 0) is 44.2 Å². The van der Waals surface area contributed by atoms with E-state index in [4.69, 9.17) is 5.73 Å². The molecule has 0 bridgehead atoms. The van der Waals surface area contributed by atoms with Crippen molar-refractivity contribution in [3.8, 4) is 0 Å². The van der Waals surface area contributed by atoms with Crippen molar-refractivity contribution in [1.82, 2.24) is 10.3 Å². The van der Waals surface area contributed by atoms with Crippen molar-refractivity contribution in [2.24, 2.45) is 0 Å². The van der Waals surface area contributed by atoms with Gasteiger partial charge in [0.2, 0.25) is 0 Å². The van der Waals surface area contributed by atoms with Gasteiger partial charge in [-0.3, -0.25) is 4.79 Å². The number of hydrogen-bond donors (Lipinski definition) is 2. The molecular weight excluding hydrogens is 282 g/mol. The summed E-state index contributed by atoms with van der Waals surface area (Å²) in [7, 11) is 0. The minimum absolute atomic E-state index is 0.0971. The van der Waals surface area contributed by atoms with Crippen LogP contribution < -0.4 is 11.1 Å². The third-order valence-corrected chi connectivity index (χ3v) is 4.90. The van der Waals surface area contributed by atoms with E-state index >= 15 is 0 Å². The Kier molecular flexibility index (Phi) is 3.92. The van der Waals surface area contributed by atoms with E-state index in [0.717, 1.165) is 35.9 Å². The van der Waals surface area contributed by atoms with Crippen LogP contribution in [0.25, 0.3) is 10.2 Å². The third kappa shape index (κ3) is 2.65. The van der Waals surface area contributed by atoms with Crippen molar-refractivity contribution < 1.29 is 4.79 Å². The molecule has 0 saturated heterocycles. The number of hydrogen-bond acceptors (Lipinski definition) is 4. The molecule has 1 aliphatic carbocycles. The highest BCUT2D eigenvalue weighted by molar-refractivity contribution is 7.21. The zero-order valence-electron chi connectivity index (χ0n) is 12.1. The molecule has 3 N–H and O–H groups in total. The van der Waals surface area contributed by atoms with Gasteiger partial charge in [-0.15, -0.1) is 11.3 Å². The lowest BCUT2D eigenvalue weighted by atomic mass is 10.1. The summed E-state index contributed by atoms with van der Waals surface area (Å²) >= 11 is 1.40. The molecule has 4 nitrogen and oxygen atoms in total. The number of aryl methyl sites for hydroxylation is 2. The van der Waals surface area contributed by atoms with Gasteiger partial charge in [-0.25, -0.2) is 4.98 Å². The fourth-order valence-electron chi connectivity index (χ4n) is 2.68. The van der Waals surface area contributed by atoms with Crippen molar-refractivity contribution in [3.05, 3.63) is 34.4 Å². The van der Waals surface area contributed by atoms with Crippen LogP contribution >= 0.6 is 11.3 Å². The van der Waals surface area contributed by atoms with Crippen LogP contribution in [0.1, 0.15) is 40.7 Å². The summed E-state index contributed by atoms with van der Waals surface area (Å²) in [6.45, 7) is 2.59. The second-order valence-electron chi connectivity index (χ2n) is 5.26. The molecule has 0 radical (unpaired) electrons. The molecule has 3 rings (SSSR count). The molecule has 0 atom stereocenters. The summed E-state index contributed by atoms with van der Waals surface area (Å²) < 4.78 is 0. The molecule has 2 aromatic rings. The average molecular weight is 301 g/mol. The maximum absolute atomic E-state index is 12.2. The quantitative estimate of drug-likeness (QED) is 0.673. The van der Waals surface area contributed by atoms with Gasteiger partial charge in [0.25, 0.3) is 5.91 Å². The lowest BCUT2D eigenvalue weighted by Gasteiger charge is -2.02. The second-order valence-corrected chi connectivity index (χ2v) is 6.26. The van der Waals surface area contributed by atoms with Crippen LogP contribution in [0.5, 0.6) is 0 Å². The Morgan fingerprint density at radius 1 is 1.52 bits per heavy atom. The molecule has 5 heteroatoms. The smallest absolute Gasteiger partial charge is 0.263 e. The number of thiophene rings is 1. The van der Waals surface area contributed by atoms with E-state index in [1.165, 1.54) is 22.6 Å². The maximum atomic E-state index is 12.2. The molecule has 1 aliphatic rings. The summed E-state index contributed by atoms with van der Waals surface area (Å²) in [4.78, 5) is 18.4. The fraction of sp³-hybridized carbons (Fsp3) is 0.375. The Morgan fingerprint density at radius 2 is 2.38 bits per heavy atom. The minimum atomic E-state index is -0.0971. The van der Waals surface area contributed by atoms with E-state index in [1.807, 2.05) is 19.1 Å². The largest absolute Gasteiger partial charge is 0.397 e. The lowest BCUT2D eigenvalue weighted by Crippen LogP contribution is -2.23.